The van der Waals surface area contributed by atoms with Gasteiger partial charge in [0.25, 0.3) is 0 Å². The maximum absolute atomic E-state index is 4.79. The van der Waals surface area contributed by atoms with Crippen molar-refractivity contribution in [3.05, 3.63) is 82.8 Å². The van der Waals surface area contributed by atoms with E-state index in [1.165, 1.54) is 0 Å². The van der Waals surface area contributed by atoms with Crippen molar-refractivity contribution >= 4 is 49.6 Å². The minimum Gasteiger partial charge on any atom is -0.255 e. The molecule has 0 amide bonds. The third kappa shape index (κ3) is 2.76. The first-order valence-electron chi connectivity index (χ1n) is 7.38. The van der Waals surface area contributed by atoms with Crippen molar-refractivity contribution in [3.63, 3.8) is 0 Å². The highest BCUT2D eigenvalue weighted by atomic mass is 79.9. The lowest BCUT2D eigenvalue weighted by Gasteiger charge is -2.06. The summed E-state index contributed by atoms with van der Waals surface area (Å²) in [5.74, 6) is 0. The molecule has 0 saturated carbocycles. The molecule has 3 heteroatoms. The molecule has 0 aliphatic heterocycles. The highest BCUT2D eigenvalue weighted by Crippen LogP contribution is 2.32. The van der Waals surface area contributed by atoms with Crippen molar-refractivity contribution < 1.29 is 0 Å². The van der Waals surface area contributed by atoms with Crippen molar-refractivity contribution in [2.45, 2.75) is 0 Å². The first-order chi connectivity index (χ1) is 11.3. The minimum atomic E-state index is 0.964. The minimum absolute atomic E-state index is 0.964. The van der Waals surface area contributed by atoms with E-state index in [9.17, 15) is 0 Å². The van der Waals surface area contributed by atoms with Crippen LogP contribution >= 0.6 is 15.9 Å². The number of benzene rings is 3. The Morgan fingerprint density at radius 1 is 0.783 bits per heavy atom. The van der Waals surface area contributed by atoms with Crippen LogP contribution in [0.5, 0.6) is 0 Å². The Bertz CT molecular complexity index is 984. The molecule has 0 bridgehead atoms. The first kappa shape index (κ1) is 14.1. The third-order valence-electron chi connectivity index (χ3n) is 3.75. The molecule has 2 nitrogen and oxygen atoms in total. The smallest absolute Gasteiger partial charge is 0.0817 e. The average molecular weight is 361 g/mol. The van der Waals surface area contributed by atoms with Crippen molar-refractivity contribution in [2.75, 3.05) is 0 Å². The summed E-state index contributed by atoms with van der Waals surface area (Å²) < 4.78 is 1.05. The average Bonchev–Trinajstić information content (AvgIpc) is 2.58. The SMILES string of the molecule is Brc1cccc(C=Nc2c3ccccc3nc3ccccc23)c1. The van der Waals surface area contributed by atoms with Gasteiger partial charge >= 0.3 is 0 Å². The fourth-order valence-corrected chi connectivity index (χ4v) is 3.10. The van der Waals surface area contributed by atoms with Crippen molar-refractivity contribution in [1.29, 1.82) is 0 Å². The zero-order valence-corrected chi connectivity index (χ0v) is 13.9. The molecule has 4 aromatic rings. The lowest BCUT2D eigenvalue weighted by atomic mass is 10.1. The zero-order valence-electron chi connectivity index (χ0n) is 12.3. The molecule has 3 aromatic carbocycles. The second-order valence-corrected chi connectivity index (χ2v) is 6.22. The molecular formula is C20H13BrN2. The monoisotopic (exact) mass is 360 g/mol. The number of aliphatic imine (C=N–C) groups is 1. The van der Waals surface area contributed by atoms with E-state index in [0.717, 1.165) is 37.5 Å². The molecular weight excluding hydrogens is 348 g/mol. The largest absolute Gasteiger partial charge is 0.255 e. The van der Waals surface area contributed by atoms with Crippen molar-refractivity contribution in [1.82, 2.24) is 4.98 Å². The Hall–Kier alpha value is -2.52. The number of nitrogens with zero attached hydrogens (tertiary/aromatic N) is 2. The summed E-state index contributed by atoms with van der Waals surface area (Å²) >= 11 is 3.50. The van der Waals surface area contributed by atoms with E-state index in [1.807, 2.05) is 60.8 Å². The standard InChI is InChI=1S/C20H13BrN2/c21-15-7-5-6-14(12-15)13-22-20-16-8-1-3-10-18(16)23-19-11-4-2-9-17(19)20/h1-13H. The van der Waals surface area contributed by atoms with Gasteiger partial charge < -0.3 is 0 Å². The topological polar surface area (TPSA) is 25.2 Å². The first-order valence-corrected chi connectivity index (χ1v) is 8.18. The van der Waals surface area contributed by atoms with E-state index in [0.29, 0.717) is 0 Å². The summed E-state index contributed by atoms with van der Waals surface area (Å²) in [6, 6.07) is 24.4. The van der Waals surface area contributed by atoms with E-state index in [2.05, 4.69) is 34.1 Å². The van der Waals surface area contributed by atoms with Gasteiger partial charge in [-0.25, -0.2) is 4.98 Å². The van der Waals surface area contributed by atoms with Gasteiger partial charge in [-0.1, -0.05) is 64.5 Å². The zero-order chi connectivity index (χ0) is 15.6. The van der Waals surface area contributed by atoms with E-state index in [1.54, 1.807) is 0 Å². The van der Waals surface area contributed by atoms with Crippen LogP contribution in [0.2, 0.25) is 0 Å². The summed E-state index contributed by atoms with van der Waals surface area (Å²) in [5.41, 5.74) is 3.95. The van der Waals surface area contributed by atoms with Crippen LogP contribution in [0.1, 0.15) is 5.56 Å². The van der Waals surface area contributed by atoms with Gasteiger partial charge in [0.1, 0.15) is 0 Å². The second-order valence-electron chi connectivity index (χ2n) is 5.31. The van der Waals surface area contributed by atoms with Gasteiger partial charge in [0.2, 0.25) is 0 Å². The van der Waals surface area contributed by atoms with Crippen LogP contribution in [-0.4, -0.2) is 11.2 Å². The number of para-hydroxylation sites is 2. The summed E-state index contributed by atoms with van der Waals surface area (Å²) in [5, 5.41) is 2.13. The van der Waals surface area contributed by atoms with Gasteiger partial charge in [0, 0.05) is 21.5 Å². The number of aromatic nitrogens is 1. The lowest BCUT2D eigenvalue weighted by molar-refractivity contribution is 1.47. The number of pyridine rings is 1. The summed E-state index contributed by atoms with van der Waals surface area (Å²) in [6.45, 7) is 0. The van der Waals surface area contributed by atoms with Gasteiger partial charge in [-0.15, -0.1) is 0 Å². The van der Waals surface area contributed by atoms with Crippen molar-refractivity contribution in [3.8, 4) is 0 Å². The van der Waals surface area contributed by atoms with Crippen LogP contribution < -0.4 is 0 Å². The van der Waals surface area contributed by atoms with Gasteiger partial charge in [0.15, 0.2) is 0 Å². The van der Waals surface area contributed by atoms with Gasteiger partial charge in [-0.2, -0.15) is 0 Å². The molecule has 110 valence electrons. The molecule has 0 spiro atoms. The molecule has 1 aromatic heterocycles. The maximum Gasteiger partial charge on any atom is 0.0817 e. The van der Waals surface area contributed by atoms with Crippen LogP contribution in [-0.2, 0) is 0 Å². The molecule has 23 heavy (non-hydrogen) atoms. The highest BCUT2D eigenvalue weighted by Gasteiger charge is 2.07. The van der Waals surface area contributed by atoms with E-state index in [-0.39, 0.29) is 0 Å². The quantitative estimate of drug-likeness (QED) is 0.322. The molecule has 0 radical (unpaired) electrons. The molecule has 1 heterocycles. The second kappa shape index (κ2) is 5.94. The molecule has 0 atom stereocenters. The van der Waals surface area contributed by atoms with Crippen LogP contribution in [0.4, 0.5) is 5.69 Å². The fourth-order valence-electron chi connectivity index (χ4n) is 2.68. The van der Waals surface area contributed by atoms with Crippen LogP contribution in [0.25, 0.3) is 21.8 Å². The molecule has 0 unspecified atom stereocenters. The predicted molar refractivity (Wildman–Crippen MR) is 101 cm³/mol. The predicted octanol–water partition coefficient (Wildman–Crippen LogP) is 5.90. The highest BCUT2D eigenvalue weighted by molar-refractivity contribution is 9.10. The summed E-state index contributed by atoms with van der Waals surface area (Å²) in [6.07, 6.45) is 1.90. The Balaban J connectivity index is 1.96. The molecule has 0 aliphatic rings. The summed E-state index contributed by atoms with van der Waals surface area (Å²) in [7, 11) is 0. The lowest BCUT2D eigenvalue weighted by Crippen LogP contribution is -1.85. The number of hydrogen-bond acceptors (Lipinski definition) is 2. The molecule has 4 rings (SSSR count). The van der Waals surface area contributed by atoms with Crippen LogP contribution in [0.3, 0.4) is 0 Å². The molecule has 0 aliphatic carbocycles. The summed E-state index contributed by atoms with van der Waals surface area (Å²) in [4.78, 5) is 9.51. The van der Waals surface area contributed by atoms with Gasteiger partial charge in [-0.05, 0) is 29.8 Å². The Kier molecular flexibility index (Phi) is 3.64. The van der Waals surface area contributed by atoms with E-state index >= 15 is 0 Å². The number of halogens is 1. The normalized spacial score (nSPS) is 11.5. The van der Waals surface area contributed by atoms with Crippen molar-refractivity contribution in [2.24, 2.45) is 4.99 Å². The fraction of sp³-hybridized carbons (Fsp3) is 0. The Morgan fingerprint density at radius 3 is 2.09 bits per heavy atom. The number of rotatable bonds is 2. The van der Waals surface area contributed by atoms with Gasteiger partial charge in [-0.3, -0.25) is 4.99 Å². The van der Waals surface area contributed by atoms with E-state index in [4.69, 9.17) is 9.98 Å². The molecule has 0 fully saturated rings. The molecule has 0 N–H and O–H groups in total. The third-order valence-corrected chi connectivity index (χ3v) is 4.24. The number of hydrogen-bond donors (Lipinski definition) is 0. The molecule has 0 saturated heterocycles. The van der Waals surface area contributed by atoms with Crippen LogP contribution in [0.15, 0.2) is 82.3 Å². The Morgan fingerprint density at radius 2 is 1.43 bits per heavy atom. The Labute approximate surface area is 142 Å². The van der Waals surface area contributed by atoms with Crippen LogP contribution in [0, 0.1) is 0 Å². The number of fused-ring (bicyclic) bond motifs is 2. The van der Waals surface area contributed by atoms with E-state index < -0.39 is 0 Å². The van der Waals surface area contributed by atoms with Gasteiger partial charge in [0.05, 0.1) is 16.7 Å². The maximum atomic E-state index is 4.79.